The van der Waals surface area contributed by atoms with Crippen LogP contribution in [0.4, 0.5) is 0 Å². The third-order valence-corrected chi connectivity index (χ3v) is 3.10. The maximum Gasteiger partial charge on any atom is 0.115 e. The lowest BCUT2D eigenvalue weighted by molar-refractivity contribution is -0.0552. The van der Waals surface area contributed by atoms with Gasteiger partial charge >= 0.3 is 0 Å². The highest BCUT2D eigenvalue weighted by atomic mass is 16.5. The Bertz CT molecular complexity index is 363. The van der Waals surface area contributed by atoms with Crippen LogP contribution in [0.5, 0.6) is 5.75 Å². The molecule has 1 N–H and O–H groups in total. The molecule has 0 unspecified atom stereocenters. The van der Waals surface area contributed by atoms with Crippen molar-refractivity contribution in [1.82, 2.24) is 4.90 Å². The van der Waals surface area contributed by atoms with Crippen molar-refractivity contribution in [2.24, 2.45) is 0 Å². The molecule has 0 aromatic heterocycles. The van der Waals surface area contributed by atoms with Crippen molar-refractivity contribution >= 4 is 0 Å². The molecule has 0 spiro atoms. The summed E-state index contributed by atoms with van der Waals surface area (Å²) in [6.07, 6.45) is 0. The summed E-state index contributed by atoms with van der Waals surface area (Å²) in [6.45, 7) is 7.76. The van der Waals surface area contributed by atoms with Crippen LogP contribution in [0.1, 0.15) is 19.4 Å². The summed E-state index contributed by atoms with van der Waals surface area (Å²) in [5.74, 6) is 0.337. The van der Waals surface area contributed by atoms with Crippen molar-refractivity contribution in [3.63, 3.8) is 0 Å². The molecule has 3 nitrogen and oxygen atoms in total. The highest BCUT2D eigenvalue weighted by Gasteiger charge is 2.30. The maximum atomic E-state index is 9.43. The summed E-state index contributed by atoms with van der Waals surface area (Å²) < 4.78 is 5.49. The average molecular weight is 221 g/mol. The first-order chi connectivity index (χ1) is 7.58. The molecular formula is C13H19NO2. The lowest BCUT2D eigenvalue weighted by Crippen LogP contribution is -2.52. The van der Waals surface area contributed by atoms with E-state index in [0.717, 1.165) is 31.9 Å². The number of morpholine rings is 1. The van der Waals surface area contributed by atoms with E-state index in [1.165, 1.54) is 0 Å². The van der Waals surface area contributed by atoms with Gasteiger partial charge in [0.2, 0.25) is 0 Å². The van der Waals surface area contributed by atoms with Gasteiger partial charge in [-0.3, -0.25) is 4.90 Å². The standard InChI is InChI=1S/C13H19NO2/c1-13(2)10-16-7-6-14(13)9-11-4-3-5-12(15)8-11/h3-5,8,15H,6-7,9-10H2,1-2H3. The highest BCUT2D eigenvalue weighted by Crippen LogP contribution is 2.22. The van der Waals surface area contributed by atoms with Crippen LogP contribution in [0.15, 0.2) is 24.3 Å². The number of aromatic hydroxyl groups is 1. The molecule has 1 aromatic carbocycles. The minimum absolute atomic E-state index is 0.0731. The largest absolute Gasteiger partial charge is 0.508 e. The molecule has 0 bridgehead atoms. The molecule has 16 heavy (non-hydrogen) atoms. The molecule has 1 heterocycles. The van der Waals surface area contributed by atoms with Gasteiger partial charge in [-0.25, -0.2) is 0 Å². The van der Waals surface area contributed by atoms with E-state index >= 15 is 0 Å². The van der Waals surface area contributed by atoms with E-state index in [4.69, 9.17) is 4.74 Å². The molecule has 88 valence electrons. The fraction of sp³-hybridized carbons (Fsp3) is 0.538. The Balaban J connectivity index is 2.08. The third-order valence-electron chi connectivity index (χ3n) is 3.10. The molecule has 0 atom stereocenters. The first-order valence-electron chi connectivity index (χ1n) is 5.69. The Labute approximate surface area is 96.6 Å². The zero-order valence-electron chi connectivity index (χ0n) is 9.94. The normalized spacial score (nSPS) is 20.9. The maximum absolute atomic E-state index is 9.43. The number of nitrogens with zero attached hydrogens (tertiary/aromatic N) is 1. The molecule has 0 amide bonds. The number of benzene rings is 1. The zero-order chi connectivity index (χ0) is 11.6. The van der Waals surface area contributed by atoms with Gasteiger partial charge in [0, 0.05) is 18.6 Å². The van der Waals surface area contributed by atoms with Gasteiger partial charge in [0.05, 0.1) is 13.2 Å². The molecule has 1 aliphatic heterocycles. The Morgan fingerprint density at radius 1 is 1.44 bits per heavy atom. The van der Waals surface area contributed by atoms with Gasteiger partial charge in [-0.2, -0.15) is 0 Å². The Morgan fingerprint density at radius 2 is 2.25 bits per heavy atom. The molecule has 2 rings (SSSR count). The van der Waals surface area contributed by atoms with Crippen molar-refractivity contribution in [3.8, 4) is 5.75 Å². The minimum atomic E-state index is 0.0731. The first kappa shape index (κ1) is 11.4. The van der Waals surface area contributed by atoms with Crippen LogP contribution in [-0.2, 0) is 11.3 Å². The van der Waals surface area contributed by atoms with Gasteiger partial charge in [-0.05, 0) is 31.5 Å². The van der Waals surface area contributed by atoms with E-state index in [0.29, 0.717) is 5.75 Å². The van der Waals surface area contributed by atoms with Crippen LogP contribution in [0.25, 0.3) is 0 Å². The summed E-state index contributed by atoms with van der Waals surface area (Å²) >= 11 is 0. The Morgan fingerprint density at radius 3 is 2.94 bits per heavy atom. The Hall–Kier alpha value is -1.06. The van der Waals surface area contributed by atoms with Crippen LogP contribution >= 0.6 is 0 Å². The van der Waals surface area contributed by atoms with Crippen molar-refractivity contribution in [2.45, 2.75) is 25.9 Å². The lowest BCUT2D eigenvalue weighted by Gasteiger charge is -2.42. The van der Waals surface area contributed by atoms with Crippen LogP contribution in [0.3, 0.4) is 0 Å². The van der Waals surface area contributed by atoms with Gasteiger partial charge in [-0.1, -0.05) is 12.1 Å². The van der Waals surface area contributed by atoms with E-state index in [9.17, 15) is 5.11 Å². The summed E-state index contributed by atoms with van der Waals surface area (Å²) in [5, 5.41) is 9.43. The van der Waals surface area contributed by atoms with Gasteiger partial charge in [0.1, 0.15) is 5.75 Å². The number of phenolic OH excluding ortho intramolecular Hbond substituents is 1. The van der Waals surface area contributed by atoms with Crippen molar-refractivity contribution in [3.05, 3.63) is 29.8 Å². The predicted octanol–water partition coefficient (Wildman–Crippen LogP) is 2.00. The summed E-state index contributed by atoms with van der Waals surface area (Å²) in [5.41, 5.74) is 1.22. The second kappa shape index (κ2) is 4.44. The molecule has 0 radical (unpaired) electrons. The zero-order valence-corrected chi connectivity index (χ0v) is 9.94. The van der Waals surface area contributed by atoms with Crippen molar-refractivity contribution in [2.75, 3.05) is 19.8 Å². The van der Waals surface area contributed by atoms with E-state index in [2.05, 4.69) is 18.7 Å². The fourth-order valence-corrected chi connectivity index (χ4v) is 2.06. The molecule has 3 heteroatoms. The van der Waals surface area contributed by atoms with Crippen LogP contribution in [0.2, 0.25) is 0 Å². The van der Waals surface area contributed by atoms with Crippen molar-refractivity contribution < 1.29 is 9.84 Å². The highest BCUT2D eigenvalue weighted by molar-refractivity contribution is 5.27. The second-order valence-electron chi connectivity index (χ2n) is 4.96. The summed E-state index contributed by atoms with van der Waals surface area (Å²) in [7, 11) is 0. The minimum Gasteiger partial charge on any atom is -0.508 e. The number of hydrogen-bond acceptors (Lipinski definition) is 3. The van der Waals surface area contributed by atoms with Gasteiger partial charge in [-0.15, -0.1) is 0 Å². The Kier molecular flexibility index (Phi) is 3.17. The lowest BCUT2D eigenvalue weighted by atomic mass is 10.0. The van der Waals surface area contributed by atoms with E-state index in [1.54, 1.807) is 6.07 Å². The molecule has 1 aromatic rings. The number of ether oxygens (including phenoxy) is 1. The van der Waals surface area contributed by atoms with E-state index in [1.807, 2.05) is 18.2 Å². The SMILES string of the molecule is CC1(C)COCCN1Cc1cccc(O)c1. The monoisotopic (exact) mass is 221 g/mol. The first-order valence-corrected chi connectivity index (χ1v) is 5.69. The van der Waals surface area contributed by atoms with E-state index < -0.39 is 0 Å². The van der Waals surface area contributed by atoms with Crippen LogP contribution in [-0.4, -0.2) is 35.3 Å². The molecule has 1 aliphatic rings. The quantitative estimate of drug-likeness (QED) is 0.829. The topological polar surface area (TPSA) is 32.7 Å². The number of hydrogen-bond donors (Lipinski definition) is 1. The van der Waals surface area contributed by atoms with Gasteiger partial charge in [0.25, 0.3) is 0 Å². The molecule has 0 aliphatic carbocycles. The third kappa shape index (κ3) is 2.54. The molecule has 0 saturated carbocycles. The number of phenols is 1. The molecular weight excluding hydrogens is 202 g/mol. The number of rotatable bonds is 2. The van der Waals surface area contributed by atoms with Gasteiger partial charge in [0.15, 0.2) is 0 Å². The summed E-state index contributed by atoms with van der Waals surface area (Å²) in [4.78, 5) is 2.39. The fourth-order valence-electron chi connectivity index (χ4n) is 2.06. The van der Waals surface area contributed by atoms with Crippen LogP contribution in [0, 0.1) is 0 Å². The molecule has 1 fully saturated rings. The van der Waals surface area contributed by atoms with Crippen molar-refractivity contribution in [1.29, 1.82) is 0 Å². The van der Waals surface area contributed by atoms with E-state index in [-0.39, 0.29) is 5.54 Å². The van der Waals surface area contributed by atoms with Gasteiger partial charge < -0.3 is 9.84 Å². The summed E-state index contributed by atoms with van der Waals surface area (Å²) in [6, 6.07) is 7.46. The average Bonchev–Trinajstić information content (AvgIpc) is 2.21. The molecule has 1 saturated heterocycles. The second-order valence-corrected chi connectivity index (χ2v) is 4.96. The smallest absolute Gasteiger partial charge is 0.115 e. The predicted molar refractivity (Wildman–Crippen MR) is 63.4 cm³/mol. The van der Waals surface area contributed by atoms with Crippen LogP contribution < -0.4 is 0 Å².